The molecular weight excluding hydrogens is 355 g/mol. The highest BCUT2D eigenvalue weighted by Crippen LogP contribution is 2.28. The lowest BCUT2D eigenvalue weighted by molar-refractivity contribution is -0.121. The molecule has 0 aromatic heterocycles. The van der Waals surface area contributed by atoms with Crippen LogP contribution >= 0.6 is 0 Å². The first-order valence-electron chi connectivity index (χ1n) is 9.94. The zero-order valence-electron chi connectivity index (χ0n) is 16.5. The van der Waals surface area contributed by atoms with Gasteiger partial charge in [-0.15, -0.1) is 0 Å². The Bertz CT molecular complexity index is 827. The van der Waals surface area contributed by atoms with Gasteiger partial charge in [-0.2, -0.15) is 0 Å². The second kappa shape index (κ2) is 9.00. The maximum Gasteiger partial charge on any atom is 0.253 e. The third-order valence-corrected chi connectivity index (χ3v) is 5.61. The largest absolute Gasteiger partial charge is 0.339 e. The lowest BCUT2D eigenvalue weighted by atomic mass is 9.93. The normalized spacial score (nSPS) is 15.9. The molecule has 2 aromatic carbocycles. The van der Waals surface area contributed by atoms with Crippen molar-refractivity contribution in [1.82, 2.24) is 4.90 Å². The van der Waals surface area contributed by atoms with Gasteiger partial charge in [0.25, 0.3) is 5.91 Å². The molecule has 5 heteroatoms. The molecule has 148 valence electrons. The number of rotatable bonds is 5. The van der Waals surface area contributed by atoms with Gasteiger partial charge < -0.3 is 10.2 Å². The Balaban J connectivity index is 1.58. The van der Waals surface area contributed by atoms with Gasteiger partial charge in [0.2, 0.25) is 5.91 Å². The van der Waals surface area contributed by atoms with Crippen LogP contribution in [-0.2, 0) is 4.79 Å². The molecule has 1 saturated heterocycles. The van der Waals surface area contributed by atoms with Crippen LogP contribution in [0.1, 0.15) is 54.9 Å². The molecule has 1 N–H and O–H groups in total. The first kappa shape index (κ1) is 20.1. The van der Waals surface area contributed by atoms with Crippen molar-refractivity contribution in [3.05, 3.63) is 65.5 Å². The molecule has 3 rings (SSSR count). The molecule has 0 spiro atoms. The summed E-state index contributed by atoms with van der Waals surface area (Å²) in [7, 11) is 0. The molecule has 0 bridgehead atoms. The molecule has 0 aliphatic carbocycles. The summed E-state index contributed by atoms with van der Waals surface area (Å²) in [4.78, 5) is 27.0. The zero-order chi connectivity index (χ0) is 20.1. The van der Waals surface area contributed by atoms with Crippen LogP contribution in [0.2, 0.25) is 0 Å². The third kappa shape index (κ3) is 4.58. The summed E-state index contributed by atoms with van der Waals surface area (Å²) in [6, 6.07) is 13.5. The maximum absolute atomic E-state index is 13.0. The van der Waals surface area contributed by atoms with E-state index in [4.69, 9.17) is 0 Å². The standard InChI is InChI=1S/C23H27FN2O2/c1-3-16(2)20-6-4-5-7-21(20)25-22(27)17-12-14-26(15-13-17)23(28)18-8-10-19(24)11-9-18/h4-11,16-17H,3,12-15H2,1-2H3,(H,25,27). The Morgan fingerprint density at radius 2 is 1.75 bits per heavy atom. The molecule has 28 heavy (non-hydrogen) atoms. The number of nitrogens with zero attached hydrogens (tertiary/aromatic N) is 1. The highest BCUT2D eigenvalue weighted by Gasteiger charge is 2.28. The van der Waals surface area contributed by atoms with E-state index in [9.17, 15) is 14.0 Å². The van der Waals surface area contributed by atoms with Gasteiger partial charge in [-0.1, -0.05) is 32.0 Å². The predicted octanol–water partition coefficient (Wildman–Crippen LogP) is 4.83. The Hall–Kier alpha value is -2.69. The minimum atomic E-state index is -0.357. The van der Waals surface area contributed by atoms with Crippen LogP contribution in [0.3, 0.4) is 0 Å². The van der Waals surface area contributed by atoms with E-state index in [0.717, 1.165) is 17.7 Å². The summed E-state index contributed by atoms with van der Waals surface area (Å²) in [6.45, 7) is 5.35. The number of hydrogen-bond donors (Lipinski definition) is 1. The first-order chi connectivity index (χ1) is 13.5. The number of carbonyl (C=O) groups is 2. The average Bonchev–Trinajstić information content (AvgIpc) is 2.73. The van der Waals surface area contributed by atoms with Gasteiger partial charge in [-0.05, 0) is 61.1 Å². The highest BCUT2D eigenvalue weighted by molar-refractivity contribution is 5.95. The van der Waals surface area contributed by atoms with Gasteiger partial charge in [0, 0.05) is 30.3 Å². The van der Waals surface area contributed by atoms with E-state index in [1.807, 2.05) is 18.2 Å². The summed E-state index contributed by atoms with van der Waals surface area (Å²) < 4.78 is 13.0. The predicted molar refractivity (Wildman–Crippen MR) is 109 cm³/mol. The average molecular weight is 382 g/mol. The Morgan fingerprint density at radius 1 is 1.11 bits per heavy atom. The quantitative estimate of drug-likeness (QED) is 0.805. The van der Waals surface area contributed by atoms with Crippen LogP contribution in [0.4, 0.5) is 10.1 Å². The van der Waals surface area contributed by atoms with E-state index in [2.05, 4.69) is 25.2 Å². The molecule has 1 atom stereocenters. The van der Waals surface area contributed by atoms with Gasteiger partial charge in [0.15, 0.2) is 0 Å². The van der Waals surface area contributed by atoms with Gasteiger partial charge in [-0.25, -0.2) is 4.39 Å². The van der Waals surface area contributed by atoms with Gasteiger partial charge in [0.05, 0.1) is 0 Å². The van der Waals surface area contributed by atoms with Gasteiger partial charge in [0.1, 0.15) is 5.82 Å². The first-order valence-corrected chi connectivity index (χ1v) is 9.94. The number of halogens is 1. The molecule has 1 aliphatic rings. The van der Waals surface area contributed by atoms with Crippen molar-refractivity contribution in [3.8, 4) is 0 Å². The van der Waals surface area contributed by atoms with Crippen LogP contribution in [0.15, 0.2) is 48.5 Å². The number of nitrogens with one attached hydrogen (secondary N) is 1. The monoisotopic (exact) mass is 382 g/mol. The van der Waals surface area contributed by atoms with Crippen molar-refractivity contribution < 1.29 is 14.0 Å². The van der Waals surface area contributed by atoms with Crippen LogP contribution in [0.5, 0.6) is 0 Å². The second-order valence-corrected chi connectivity index (χ2v) is 7.46. The zero-order valence-corrected chi connectivity index (χ0v) is 16.5. The number of amides is 2. The van der Waals surface area contributed by atoms with E-state index >= 15 is 0 Å². The molecule has 1 aliphatic heterocycles. The Morgan fingerprint density at radius 3 is 2.39 bits per heavy atom. The summed E-state index contributed by atoms with van der Waals surface area (Å²) in [5.41, 5.74) is 2.51. The maximum atomic E-state index is 13.0. The van der Waals surface area contributed by atoms with Crippen LogP contribution < -0.4 is 5.32 Å². The Labute approximate surface area is 165 Å². The summed E-state index contributed by atoms with van der Waals surface area (Å²) in [5.74, 6) is -0.177. The van der Waals surface area contributed by atoms with E-state index in [1.54, 1.807) is 4.90 Å². The van der Waals surface area contributed by atoms with Crippen molar-refractivity contribution in [1.29, 1.82) is 0 Å². The molecule has 0 radical (unpaired) electrons. The lowest BCUT2D eigenvalue weighted by Crippen LogP contribution is -2.41. The number of carbonyl (C=O) groups excluding carboxylic acids is 2. The van der Waals surface area contributed by atoms with Crippen LogP contribution in [0, 0.1) is 11.7 Å². The minimum absolute atomic E-state index is 0.0182. The van der Waals surface area contributed by atoms with Crippen molar-refractivity contribution >= 4 is 17.5 Å². The molecule has 4 nitrogen and oxygen atoms in total. The van der Waals surface area contributed by atoms with Crippen LogP contribution in [0.25, 0.3) is 0 Å². The van der Waals surface area contributed by atoms with Crippen molar-refractivity contribution in [2.24, 2.45) is 5.92 Å². The fraction of sp³-hybridized carbons (Fsp3) is 0.391. The molecule has 0 saturated carbocycles. The van der Waals surface area contributed by atoms with Crippen LogP contribution in [-0.4, -0.2) is 29.8 Å². The smallest absolute Gasteiger partial charge is 0.253 e. The molecule has 1 unspecified atom stereocenters. The molecule has 1 fully saturated rings. The summed E-state index contributed by atoms with van der Waals surface area (Å²) in [6.07, 6.45) is 2.27. The van der Waals surface area contributed by atoms with E-state index in [0.29, 0.717) is 37.4 Å². The number of para-hydroxylation sites is 1. The lowest BCUT2D eigenvalue weighted by Gasteiger charge is -2.31. The highest BCUT2D eigenvalue weighted by atomic mass is 19.1. The molecular formula is C23H27FN2O2. The molecule has 1 heterocycles. The van der Waals surface area contributed by atoms with Crippen molar-refractivity contribution in [2.75, 3.05) is 18.4 Å². The van der Waals surface area contributed by atoms with Gasteiger partial charge in [-0.3, -0.25) is 9.59 Å². The van der Waals surface area contributed by atoms with Crippen molar-refractivity contribution in [2.45, 2.75) is 39.0 Å². The molecule has 2 amide bonds. The van der Waals surface area contributed by atoms with E-state index in [-0.39, 0.29) is 23.5 Å². The third-order valence-electron chi connectivity index (χ3n) is 5.61. The fourth-order valence-corrected chi connectivity index (χ4v) is 3.62. The van der Waals surface area contributed by atoms with E-state index < -0.39 is 0 Å². The van der Waals surface area contributed by atoms with Crippen molar-refractivity contribution in [3.63, 3.8) is 0 Å². The van der Waals surface area contributed by atoms with E-state index in [1.165, 1.54) is 24.3 Å². The number of benzene rings is 2. The number of anilines is 1. The van der Waals surface area contributed by atoms with Gasteiger partial charge >= 0.3 is 0 Å². The fourth-order valence-electron chi connectivity index (χ4n) is 3.62. The number of hydrogen-bond acceptors (Lipinski definition) is 2. The summed E-state index contributed by atoms with van der Waals surface area (Å²) >= 11 is 0. The minimum Gasteiger partial charge on any atom is -0.339 e. The Kier molecular flexibility index (Phi) is 6.45. The topological polar surface area (TPSA) is 49.4 Å². The second-order valence-electron chi connectivity index (χ2n) is 7.46. The molecule has 2 aromatic rings. The summed E-state index contributed by atoms with van der Waals surface area (Å²) in [5, 5.41) is 3.09. The number of piperidine rings is 1. The number of likely N-dealkylation sites (tertiary alicyclic amines) is 1. The SMILES string of the molecule is CCC(C)c1ccccc1NC(=O)C1CCN(C(=O)c2ccc(F)cc2)CC1.